The van der Waals surface area contributed by atoms with E-state index in [1.807, 2.05) is 0 Å². The molecule has 15 nitrogen and oxygen atoms in total. The predicted molar refractivity (Wildman–Crippen MR) is 112 cm³/mol. The third kappa shape index (κ3) is 4.75. The van der Waals surface area contributed by atoms with Gasteiger partial charge in [0.1, 0.15) is 21.2 Å². The van der Waals surface area contributed by atoms with Crippen molar-refractivity contribution >= 4 is 59.4 Å². The topological polar surface area (TPSA) is 246 Å². The number of non-ortho nitro benzene ring substituents is 2. The summed E-state index contributed by atoms with van der Waals surface area (Å²) >= 11 is 0. The molecule has 0 aliphatic heterocycles. The van der Waals surface area contributed by atoms with Crippen LogP contribution in [0, 0.1) is 20.2 Å². The molecule has 4 N–H and O–H groups in total. The lowest BCUT2D eigenvalue weighted by atomic mass is 10.1. The number of nitro benzene ring substituents is 2. The Balaban J connectivity index is 2.31. The summed E-state index contributed by atoms with van der Waals surface area (Å²) in [5, 5.41) is 29.4. The first-order valence-electron chi connectivity index (χ1n) is 8.36. The van der Waals surface area contributed by atoms with E-state index in [1.165, 1.54) is 12.1 Å². The first-order chi connectivity index (χ1) is 15.2. The largest absolute Gasteiger partial charge is 0.397 e. The van der Waals surface area contributed by atoms with E-state index < -0.39 is 56.9 Å². The minimum absolute atomic E-state index is 0.0707. The molecule has 0 unspecified atom stereocenters. The number of rotatable bonds is 6. The zero-order chi connectivity index (χ0) is 24.7. The highest BCUT2D eigenvalue weighted by Gasteiger charge is 2.24. The van der Waals surface area contributed by atoms with Crippen LogP contribution < -0.4 is 5.73 Å². The van der Waals surface area contributed by atoms with Crippen LogP contribution in [0.4, 0.5) is 28.4 Å². The van der Waals surface area contributed by atoms with E-state index in [0.717, 1.165) is 18.2 Å². The number of azo groups is 1. The SMILES string of the molecule is Nc1ccc2cc(S(=O)(=O)O)cc([N+](=O)[O-])c2c1N=Nc1ccc([N+](=O)[O-])cc1S(=O)(=O)O. The van der Waals surface area contributed by atoms with E-state index in [9.17, 15) is 46.2 Å². The van der Waals surface area contributed by atoms with E-state index in [-0.39, 0.29) is 22.1 Å². The molecule has 3 rings (SSSR count). The maximum atomic E-state index is 11.6. The zero-order valence-electron chi connectivity index (χ0n) is 15.9. The molecule has 0 spiro atoms. The second-order valence-corrected chi connectivity index (χ2v) is 9.17. The summed E-state index contributed by atoms with van der Waals surface area (Å²) < 4.78 is 64.8. The summed E-state index contributed by atoms with van der Waals surface area (Å²) in [5.41, 5.74) is 3.28. The predicted octanol–water partition coefficient (Wildman–Crippen LogP) is 3.15. The van der Waals surface area contributed by atoms with Gasteiger partial charge in [0.2, 0.25) is 0 Å². The maximum absolute atomic E-state index is 11.6. The normalized spacial score (nSPS) is 12.3. The van der Waals surface area contributed by atoms with Gasteiger partial charge in [0.15, 0.2) is 0 Å². The van der Waals surface area contributed by atoms with Crippen molar-refractivity contribution in [3.63, 3.8) is 0 Å². The highest BCUT2D eigenvalue weighted by atomic mass is 32.2. The van der Waals surface area contributed by atoms with Gasteiger partial charge < -0.3 is 5.73 Å². The van der Waals surface area contributed by atoms with E-state index in [0.29, 0.717) is 12.1 Å². The molecule has 17 heteroatoms. The molecule has 0 saturated heterocycles. The van der Waals surface area contributed by atoms with Gasteiger partial charge in [0.05, 0.1) is 20.9 Å². The van der Waals surface area contributed by atoms with Gasteiger partial charge in [-0.25, -0.2) is 0 Å². The molecule has 0 fully saturated rings. The highest BCUT2D eigenvalue weighted by Crippen LogP contribution is 2.41. The molecule has 33 heavy (non-hydrogen) atoms. The second kappa shape index (κ2) is 8.13. The Morgan fingerprint density at radius 1 is 0.848 bits per heavy atom. The third-order valence-electron chi connectivity index (χ3n) is 4.26. The molecule has 3 aromatic carbocycles. The minimum Gasteiger partial charge on any atom is -0.397 e. The number of hydrogen-bond donors (Lipinski definition) is 3. The van der Waals surface area contributed by atoms with Crippen LogP contribution in [-0.4, -0.2) is 35.8 Å². The van der Waals surface area contributed by atoms with Crippen molar-refractivity contribution in [2.75, 3.05) is 5.73 Å². The van der Waals surface area contributed by atoms with E-state index in [2.05, 4.69) is 10.2 Å². The Kier molecular flexibility index (Phi) is 5.81. The molecule has 3 aromatic rings. The molecule has 0 amide bonds. The van der Waals surface area contributed by atoms with Gasteiger partial charge in [-0.05, 0) is 23.6 Å². The quantitative estimate of drug-likeness (QED) is 0.147. The fourth-order valence-electron chi connectivity index (χ4n) is 2.82. The van der Waals surface area contributed by atoms with Gasteiger partial charge >= 0.3 is 0 Å². The van der Waals surface area contributed by atoms with Crippen LogP contribution in [0.15, 0.2) is 62.5 Å². The second-order valence-electron chi connectivity index (χ2n) is 6.36. The number of benzene rings is 3. The van der Waals surface area contributed by atoms with E-state index in [4.69, 9.17) is 5.73 Å². The van der Waals surface area contributed by atoms with Gasteiger partial charge in [0.25, 0.3) is 31.6 Å². The standard InChI is InChI=1S/C16H11N5O10S2/c17-11-3-1-8-5-10(32(26,27)28)7-13(21(24)25)15(8)16(11)19-18-12-4-2-9(20(22)23)6-14(12)33(29,30)31/h1-7H,17H2,(H,26,27,28)(H,29,30,31). The van der Waals surface area contributed by atoms with Crippen molar-refractivity contribution in [2.45, 2.75) is 9.79 Å². The summed E-state index contributed by atoms with van der Waals surface area (Å²) in [6, 6.07) is 6.22. The number of nitrogens with zero attached hydrogens (tertiary/aromatic N) is 4. The van der Waals surface area contributed by atoms with Crippen molar-refractivity contribution < 1.29 is 35.8 Å². The lowest BCUT2D eigenvalue weighted by molar-refractivity contribution is -0.385. The summed E-state index contributed by atoms with van der Waals surface area (Å²) in [4.78, 5) is 18.9. The number of nitrogen functional groups attached to an aromatic ring is 1. The molecule has 0 saturated carbocycles. The van der Waals surface area contributed by atoms with Gasteiger partial charge in [0, 0.05) is 18.2 Å². The molecule has 0 aliphatic carbocycles. The van der Waals surface area contributed by atoms with Crippen LogP contribution in [0.2, 0.25) is 0 Å². The fourth-order valence-corrected chi connectivity index (χ4v) is 4.00. The van der Waals surface area contributed by atoms with Crippen molar-refractivity contribution in [3.05, 3.63) is 62.7 Å². The van der Waals surface area contributed by atoms with Crippen LogP contribution in [0.5, 0.6) is 0 Å². The molecule has 0 heterocycles. The number of fused-ring (bicyclic) bond motifs is 1. The lowest BCUT2D eigenvalue weighted by Crippen LogP contribution is -2.01. The van der Waals surface area contributed by atoms with Crippen molar-refractivity contribution in [1.29, 1.82) is 0 Å². The van der Waals surface area contributed by atoms with Crippen LogP contribution in [0.1, 0.15) is 0 Å². The Bertz CT molecular complexity index is 1580. The Hall–Kier alpha value is -4.06. The zero-order valence-corrected chi connectivity index (χ0v) is 17.5. The van der Waals surface area contributed by atoms with E-state index >= 15 is 0 Å². The van der Waals surface area contributed by atoms with Gasteiger partial charge in [-0.15, -0.1) is 10.2 Å². The van der Waals surface area contributed by atoms with Gasteiger partial charge in [-0.2, -0.15) is 16.8 Å². The van der Waals surface area contributed by atoms with Crippen molar-refractivity contribution in [3.8, 4) is 0 Å². The molecule has 172 valence electrons. The molecule has 0 aromatic heterocycles. The Morgan fingerprint density at radius 3 is 2.06 bits per heavy atom. The van der Waals surface area contributed by atoms with Crippen LogP contribution >= 0.6 is 0 Å². The van der Waals surface area contributed by atoms with E-state index in [1.54, 1.807) is 0 Å². The van der Waals surface area contributed by atoms with Crippen molar-refractivity contribution in [2.24, 2.45) is 10.2 Å². The third-order valence-corrected chi connectivity index (χ3v) is 5.97. The molecule has 0 radical (unpaired) electrons. The molecule has 0 atom stereocenters. The molecule has 0 aliphatic rings. The molecular weight excluding hydrogens is 486 g/mol. The van der Waals surface area contributed by atoms with Gasteiger partial charge in [-0.3, -0.25) is 29.3 Å². The van der Waals surface area contributed by atoms with Crippen LogP contribution in [0.25, 0.3) is 10.8 Å². The van der Waals surface area contributed by atoms with Crippen molar-refractivity contribution in [1.82, 2.24) is 0 Å². The number of anilines is 1. The minimum atomic E-state index is -4.98. The summed E-state index contributed by atoms with van der Waals surface area (Å²) in [7, 11) is -9.78. The summed E-state index contributed by atoms with van der Waals surface area (Å²) in [5.74, 6) is 0. The fraction of sp³-hybridized carbons (Fsp3) is 0. The summed E-state index contributed by atoms with van der Waals surface area (Å²) in [6.07, 6.45) is 0. The Labute approximate surface area is 184 Å². The van der Waals surface area contributed by atoms with Crippen LogP contribution in [0.3, 0.4) is 0 Å². The summed E-state index contributed by atoms with van der Waals surface area (Å²) in [6.45, 7) is 0. The lowest BCUT2D eigenvalue weighted by Gasteiger charge is -2.08. The average Bonchev–Trinajstić information content (AvgIpc) is 2.70. The molecular formula is C16H11N5O10S2. The highest BCUT2D eigenvalue weighted by molar-refractivity contribution is 7.86. The number of hydrogen-bond acceptors (Lipinski definition) is 11. The van der Waals surface area contributed by atoms with Crippen LogP contribution in [-0.2, 0) is 20.2 Å². The smallest absolute Gasteiger partial charge is 0.297 e. The van der Waals surface area contributed by atoms with Gasteiger partial charge in [-0.1, -0.05) is 6.07 Å². The number of nitrogens with two attached hydrogens (primary N) is 1. The monoisotopic (exact) mass is 497 g/mol. The number of nitro groups is 2. The molecule has 0 bridgehead atoms. The maximum Gasteiger partial charge on any atom is 0.297 e. The first-order valence-corrected chi connectivity index (χ1v) is 11.2. The Morgan fingerprint density at radius 2 is 1.52 bits per heavy atom. The average molecular weight is 497 g/mol. The first kappa shape index (κ1) is 23.6.